The summed E-state index contributed by atoms with van der Waals surface area (Å²) in [6.45, 7) is 3.91. The largest absolute Gasteiger partial charge is 0.308 e. The molecule has 2 aromatic heterocycles. The van der Waals surface area contributed by atoms with Crippen molar-refractivity contribution in [2.24, 2.45) is 0 Å². The van der Waals surface area contributed by atoms with E-state index >= 15 is 0 Å². The standard InChI is InChI=1S/C10H12N4O/c1-8(2)13-7-5-11-9(10(13)15)14-6-3-4-12-14/h3-8H,1-2H3. The Morgan fingerprint density at radius 3 is 2.67 bits per heavy atom. The number of aromatic nitrogens is 4. The molecular weight excluding hydrogens is 192 g/mol. The summed E-state index contributed by atoms with van der Waals surface area (Å²) in [7, 11) is 0. The topological polar surface area (TPSA) is 52.7 Å². The van der Waals surface area contributed by atoms with E-state index in [0.29, 0.717) is 5.82 Å². The van der Waals surface area contributed by atoms with Crippen LogP contribution in [-0.2, 0) is 0 Å². The van der Waals surface area contributed by atoms with Gasteiger partial charge in [0.2, 0.25) is 5.82 Å². The van der Waals surface area contributed by atoms with Crippen LogP contribution < -0.4 is 5.56 Å². The molecule has 0 radical (unpaired) electrons. The summed E-state index contributed by atoms with van der Waals surface area (Å²) in [5, 5.41) is 3.99. The minimum atomic E-state index is -0.129. The van der Waals surface area contributed by atoms with Crippen molar-refractivity contribution < 1.29 is 0 Å². The SMILES string of the molecule is CC(C)n1ccnc(-n2cccn2)c1=O. The first-order chi connectivity index (χ1) is 7.20. The Morgan fingerprint density at radius 1 is 1.27 bits per heavy atom. The van der Waals surface area contributed by atoms with Crippen LogP contribution >= 0.6 is 0 Å². The van der Waals surface area contributed by atoms with Gasteiger partial charge < -0.3 is 4.57 Å². The predicted octanol–water partition coefficient (Wildman–Crippen LogP) is 1.01. The second-order valence-electron chi connectivity index (χ2n) is 3.51. The molecule has 0 aliphatic carbocycles. The number of rotatable bonds is 2. The molecule has 2 rings (SSSR count). The Balaban J connectivity index is 2.60. The van der Waals surface area contributed by atoms with E-state index in [4.69, 9.17) is 0 Å². The van der Waals surface area contributed by atoms with E-state index in [1.807, 2.05) is 13.8 Å². The maximum atomic E-state index is 11.9. The van der Waals surface area contributed by atoms with Gasteiger partial charge in [-0.3, -0.25) is 4.79 Å². The van der Waals surface area contributed by atoms with Crippen LogP contribution in [0.5, 0.6) is 0 Å². The molecule has 2 heterocycles. The Morgan fingerprint density at radius 2 is 2.07 bits per heavy atom. The van der Waals surface area contributed by atoms with Crippen molar-refractivity contribution >= 4 is 0 Å². The van der Waals surface area contributed by atoms with E-state index in [2.05, 4.69) is 10.1 Å². The highest BCUT2D eigenvalue weighted by atomic mass is 16.1. The molecule has 0 saturated carbocycles. The molecule has 0 saturated heterocycles. The van der Waals surface area contributed by atoms with Gasteiger partial charge in [0.05, 0.1) is 0 Å². The zero-order valence-corrected chi connectivity index (χ0v) is 8.66. The molecule has 0 spiro atoms. The summed E-state index contributed by atoms with van der Waals surface area (Å²) < 4.78 is 3.10. The van der Waals surface area contributed by atoms with E-state index in [1.165, 1.54) is 4.68 Å². The van der Waals surface area contributed by atoms with Gasteiger partial charge in [-0.05, 0) is 19.9 Å². The third-order valence-electron chi connectivity index (χ3n) is 2.13. The highest BCUT2D eigenvalue weighted by Crippen LogP contribution is 2.01. The maximum absolute atomic E-state index is 11.9. The van der Waals surface area contributed by atoms with Gasteiger partial charge in [-0.15, -0.1) is 0 Å². The van der Waals surface area contributed by atoms with E-state index in [-0.39, 0.29) is 11.6 Å². The fourth-order valence-corrected chi connectivity index (χ4v) is 1.37. The zero-order chi connectivity index (χ0) is 10.8. The molecule has 0 aliphatic heterocycles. The Bertz CT molecular complexity index is 498. The Kier molecular flexibility index (Phi) is 2.37. The van der Waals surface area contributed by atoms with E-state index in [1.54, 1.807) is 35.4 Å². The minimum absolute atomic E-state index is 0.120. The molecule has 15 heavy (non-hydrogen) atoms. The van der Waals surface area contributed by atoms with Crippen molar-refractivity contribution in [1.82, 2.24) is 19.3 Å². The number of nitrogens with zero attached hydrogens (tertiary/aromatic N) is 4. The fourth-order valence-electron chi connectivity index (χ4n) is 1.37. The molecule has 0 fully saturated rings. The van der Waals surface area contributed by atoms with Crippen LogP contribution in [0.2, 0.25) is 0 Å². The van der Waals surface area contributed by atoms with Crippen molar-refractivity contribution in [2.75, 3.05) is 0 Å². The summed E-state index contributed by atoms with van der Waals surface area (Å²) in [6, 6.07) is 1.88. The van der Waals surface area contributed by atoms with Crippen molar-refractivity contribution in [1.29, 1.82) is 0 Å². The van der Waals surface area contributed by atoms with E-state index < -0.39 is 0 Å². The van der Waals surface area contributed by atoms with Crippen LogP contribution in [-0.4, -0.2) is 19.3 Å². The molecule has 0 unspecified atom stereocenters. The summed E-state index contributed by atoms with van der Waals surface area (Å²) in [4.78, 5) is 16.0. The smallest absolute Gasteiger partial charge is 0.295 e. The molecule has 5 heteroatoms. The third kappa shape index (κ3) is 1.68. The molecule has 0 N–H and O–H groups in total. The first kappa shape index (κ1) is 9.64. The van der Waals surface area contributed by atoms with Crippen LogP contribution in [0.25, 0.3) is 5.82 Å². The first-order valence-corrected chi connectivity index (χ1v) is 4.77. The normalized spacial score (nSPS) is 10.9. The molecule has 0 amide bonds. The van der Waals surface area contributed by atoms with Gasteiger partial charge in [-0.1, -0.05) is 0 Å². The van der Waals surface area contributed by atoms with Crippen molar-refractivity contribution in [3.05, 3.63) is 41.2 Å². The minimum Gasteiger partial charge on any atom is -0.308 e. The molecule has 0 aromatic carbocycles. The summed E-state index contributed by atoms with van der Waals surface area (Å²) >= 11 is 0. The molecule has 0 bridgehead atoms. The predicted molar refractivity (Wildman–Crippen MR) is 56.0 cm³/mol. The van der Waals surface area contributed by atoms with Crippen LogP contribution in [0.1, 0.15) is 19.9 Å². The van der Waals surface area contributed by atoms with Crippen LogP contribution in [0.15, 0.2) is 35.6 Å². The van der Waals surface area contributed by atoms with E-state index in [0.717, 1.165) is 0 Å². The lowest BCUT2D eigenvalue weighted by Gasteiger charge is -2.10. The maximum Gasteiger partial charge on any atom is 0.295 e. The number of hydrogen-bond acceptors (Lipinski definition) is 3. The van der Waals surface area contributed by atoms with Gasteiger partial charge in [0, 0.05) is 30.8 Å². The summed E-state index contributed by atoms with van der Waals surface area (Å²) in [6.07, 6.45) is 6.61. The zero-order valence-electron chi connectivity index (χ0n) is 8.66. The van der Waals surface area contributed by atoms with Gasteiger partial charge in [0.15, 0.2) is 0 Å². The van der Waals surface area contributed by atoms with Crippen LogP contribution in [0.4, 0.5) is 0 Å². The molecule has 78 valence electrons. The average molecular weight is 204 g/mol. The Labute approximate surface area is 87.0 Å². The van der Waals surface area contributed by atoms with Crippen molar-refractivity contribution in [3.8, 4) is 5.82 Å². The number of hydrogen-bond donors (Lipinski definition) is 0. The van der Waals surface area contributed by atoms with Crippen LogP contribution in [0, 0.1) is 0 Å². The Hall–Kier alpha value is -1.91. The monoisotopic (exact) mass is 204 g/mol. The van der Waals surface area contributed by atoms with Gasteiger partial charge in [-0.25, -0.2) is 9.67 Å². The van der Waals surface area contributed by atoms with Crippen LogP contribution in [0.3, 0.4) is 0 Å². The molecule has 0 aliphatic rings. The molecule has 0 atom stereocenters. The molecular formula is C10H12N4O. The highest BCUT2D eigenvalue weighted by Gasteiger charge is 2.08. The molecule has 2 aromatic rings. The van der Waals surface area contributed by atoms with Crippen molar-refractivity contribution in [2.45, 2.75) is 19.9 Å². The second-order valence-corrected chi connectivity index (χ2v) is 3.51. The van der Waals surface area contributed by atoms with Gasteiger partial charge >= 0.3 is 0 Å². The average Bonchev–Trinajstić information content (AvgIpc) is 2.70. The highest BCUT2D eigenvalue weighted by molar-refractivity contribution is 5.16. The lowest BCUT2D eigenvalue weighted by atomic mass is 10.4. The summed E-state index contributed by atoms with van der Waals surface area (Å²) in [5.74, 6) is 0.330. The molecule has 5 nitrogen and oxygen atoms in total. The quantitative estimate of drug-likeness (QED) is 0.733. The van der Waals surface area contributed by atoms with Crippen molar-refractivity contribution in [3.63, 3.8) is 0 Å². The third-order valence-corrected chi connectivity index (χ3v) is 2.13. The van der Waals surface area contributed by atoms with Gasteiger partial charge in [0.1, 0.15) is 0 Å². The lowest BCUT2D eigenvalue weighted by Crippen LogP contribution is -2.26. The van der Waals surface area contributed by atoms with Gasteiger partial charge in [0.25, 0.3) is 5.56 Å². The summed E-state index contributed by atoms with van der Waals surface area (Å²) in [5.41, 5.74) is -0.129. The first-order valence-electron chi connectivity index (χ1n) is 4.77. The van der Waals surface area contributed by atoms with E-state index in [9.17, 15) is 4.79 Å². The second kappa shape index (κ2) is 3.68. The fraction of sp³-hybridized carbons (Fsp3) is 0.300. The lowest BCUT2D eigenvalue weighted by molar-refractivity contribution is 0.567. The van der Waals surface area contributed by atoms with Gasteiger partial charge in [-0.2, -0.15) is 5.10 Å².